The first kappa shape index (κ1) is 23.3. The van der Waals surface area contributed by atoms with Crippen LogP contribution in [0.4, 0.5) is 0 Å². The highest BCUT2D eigenvalue weighted by Crippen LogP contribution is 2.25. The number of morpholine rings is 1. The zero-order valence-electron chi connectivity index (χ0n) is 16.5. The van der Waals surface area contributed by atoms with Crippen molar-refractivity contribution in [1.29, 1.82) is 0 Å². The van der Waals surface area contributed by atoms with E-state index in [4.69, 9.17) is 4.74 Å². The number of hydrogen-bond acceptors (Lipinski definition) is 4. The van der Waals surface area contributed by atoms with E-state index in [2.05, 4.69) is 59.6 Å². The monoisotopic (exact) mass is 484 g/mol. The molecule has 0 aromatic rings. The zero-order chi connectivity index (χ0) is 17.5. The molecule has 0 bridgehead atoms. The van der Waals surface area contributed by atoms with Crippen LogP contribution in [0.2, 0.25) is 0 Å². The largest absolute Gasteiger partial charge is 0.379 e. The average Bonchev–Trinajstić information content (AvgIpc) is 2.59. The molecule has 2 rings (SSSR count). The van der Waals surface area contributed by atoms with Crippen molar-refractivity contribution in [2.45, 2.75) is 39.0 Å². The maximum absolute atomic E-state index is 5.51. The van der Waals surface area contributed by atoms with E-state index in [1.807, 2.05) is 7.05 Å². The molecule has 1 N–H and O–H groups in total. The molecule has 2 unspecified atom stereocenters. The van der Waals surface area contributed by atoms with Crippen LogP contribution in [0.5, 0.6) is 0 Å². The van der Waals surface area contributed by atoms with Crippen molar-refractivity contribution in [3.8, 4) is 0 Å². The van der Waals surface area contributed by atoms with E-state index >= 15 is 0 Å². The van der Waals surface area contributed by atoms with Crippen LogP contribution in [0.25, 0.3) is 0 Å². The molecule has 5 nitrogen and oxygen atoms in total. The molecule has 0 aromatic heterocycles. The minimum atomic E-state index is 0. The number of thioether (sulfide) groups is 1. The third kappa shape index (κ3) is 7.07. The third-order valence-corrected chi connectivity index (χ3v) is 6.64. The predicted molar refractivity (Wildman–Crippen MR) is 120 cm³/mol. The van der Waals surface area contributed by atoms with Crippen molar-refractivity contribution < 1.29 is 4.74 Å². The number of nitrogens with zero attached hydrogens (tertiary/aromatic N) is 3. The fourth-order valence-corrected chi connectivity index (χ4v) is 4.79. The van der Waals surface area contributed by atoms with Gasteiger partial charge in [0, 0.05) is 56.8 Å². The van der Waals surface area contributed by atoms with Crippen LogP contribution in [0.1, 0.15) is 27.7 Å². The van der Waals surface area contributed by atoms with Gasteiger partial charge in [-0.1, -0.05) is 27.7 Å². The van der Waals surface area contributed by atoms with E-state index in [0.29, 0.717) is 23.1 Å². The summed E-state index contributed by atoms with van der Waals surface area (Å²) in [6.45, 7) is 16.2. The quantitative estimate of drug-likeness (QED) is 0.369. The molecule has 0 spiro atoms. The van der Waals surface area contributed by atoms with E-state index in [0.717, 1.165) is 51.9 Å². The van der Waals surface area contributed by atoms with E-state index in [9.17, 15) is 0 Å². The number of rotatable bonds is 5. The minimum Gasteiger partial charge on any atom is -0.379 e. The Morgan fingerprint density at radius 2 is 1.88 bits per heavy atom. The SMILES string of the molecule is CN=C(NCC(C(C)C)N1CCOCC1)N1CCSC(C(C)C)C1.I. The maximum atomic E-state index is 5.51. The zero-order valence-corrected chi connectivity index (χ0v) is 19.7. The second-order valence-corrected chi connectivity index (χ2v) is 8.83. The minimum absolute atomic E-state index is 0. The van der Waals surface area contributed by atoms with Crippen LogP contribution in [0, 0.1) is 11.8 Å². The Morgan fingerprint density at radius 1 is 1.20 bits per heavy atom. The Kier molecular flexibility index (Phi) is 11.1. The summed E-state index contributed by atoms with van der Waals surface area (Å²) >= 11 is 2.11. The second kappa shape index (κ2) is 11.9. The van der Waals surface area contributed by atoms with Gasteiger partial charge in [0.05, 0.1) is 13.2 Å². The van der Waals surface area contributed by atoms with Gasteiger partial charge in [0.15, 0.2) is 5.96 Å². The van der Waals surface area contributed by atoms with Crippen LogP contribution in [0.15, 0.2) is 4.99 Å². The smallest absolute Gasteiger partial charge is 0.193 e. The van der Waals surface area contributed by atoms with Crippen molar-refractivity contribution in [1.82, 2.24) is 15.1 Å². The first-order chi connectivity index (χ1) is 11.5. The van der Waals surface area contributed by atoms with Gasteiger partial charge in [-0.3, -0.25) is 9.89 Å². The van der Waals surface area contributed by atoms with Crippen LogP contribution in [-0.2, 0) is 4.74 Å². The maximum Gasteiger partial charge on any atom is 0.193 e. The molecule has 2 aliphatic rings. The lowest BCUT2D eigenvalue weighted by atomic mass is 10.0. The Balaban J connectivity index is 0.00000312. The molecule has 0 radical (unpaired) electrons. The summed E-state index contributed by atoms with van der Waals surface area (Å²) in [5, 5.41) is 4.37. The van der Waals surface area contributed by atoms with Crippen molar-refractivity contribution >= 4 is 41.7 Å². The highest BCUT2D eigenvalue weighted by molar-refractivity contribution is 14.0. The Labute approximate surface area is 175 Å². The fourth-order valence-electron chi connectivity index (χ4n) is 3.49. The number of ether oxygens (including phenoxy) is 1. The molecule has 2 saturated heterocycles. The van der Waals surface area contributed by atoms with Gasteiger partial charge >= 0.3 is 0 Å². The number of hydrogen-bond donors (Lipinski definition) is 1. The second-order valence-electron chi connectivity index (χ2n) is 7.49. The van der Waals surface area contributed by atoms with Gasteiger partial charge < -0.3 is 15.0 Å². The van der Waals surface area contributed by atoms with Crippen molar-refractivity contribution in [2.75, 3.05) is 58.7 Å². The number of halogens is 1. The van der Waals surface area contributed by atoms with Crippen molar-refractivity contribution in [3.63, 3.8) is 0 Å². The molecule has 2 heterocycles. The lowest BCUT2D eigenvalue weighted by Gasteiger charge is -2.39. The molecule has 0 amide bonds. The fraction of sp³-hybridized carbons (Fsp3) is 0.944. The summed E-state index contributed by atoms with van der Waals surface area (Å²) in [5.74, 6) is 3.60. The molecule has 0 aromatic carbocycles. The van der Waals surface area contributed by atoms with Gasteiger partial charge in [-0.15, -0.1) is 24.0 Å². The average molecular weight is 484 g/mol. The molecule has 0 saturated carbocycles. The van der Waals surface area contributed by atoms with E-state index < -0.39 is 0 Å². The molecule has 2 fully saturated rings. The van der Waals surface area contributed by atoms with Gasteiger partial charge in [0.25, 0.3) is 0 Å². The summed E-state index contributed by atoms with van der Waals surface area (Å²) < 4.78 is 5.51. The first-order valence-electron chi connectivity index (χ1n) is 9.42. The van der Waals surface area contributed by atoms with Gasteiger partial charge in [0.2, 0.25) is 0 Å². The molecule has 25 heavy (non-hydrogen) atoms. The Morgan fingerprint density at radius 3 is 2.44 bits per heavy atom. The third-order valence-electron chi connectivity index (χ3n) is 5.10. The van der Waals surface area contributed by atoms with Crippen LogP contribution < -0.4 is 5.32 Å². The van der Waals surface area contributed by atoms with Crippen LogP contribution in [-0.4, -0.2) is 85.8 Å². The summed E-state index contributed by atoms with van der Waals surface area (Å²) in [7, 11) is 1.91. The normalized spacial score (nSPS) is 24.4. The Bertz CT molecular complexity index is 403. The first-order valence-corrected chi connectivity index (χ1v) is 10.5. The number of guanidine groups is 1. The summed E-state index contributed by atoms with van der Waals surface area (Å²) in [6, 6.07) is 0.533. The molecule has 2 atom stereocenters. The van der Waals surface area contributed by atoms with Gasteiger partial charge in [-0.2, -0.15) is 11.8 Å². The number of nitrogens with one attached hydrogen (secondary N) is 1. The topological polar surface area (TPSA) is 40.1 Å². The molecule has 7 heteroatoms. The highest BCUT2D eigenvalue weighted by Gasteiger charge is 2.27. The molecule has 148 valence electrons. The standard InChI is InChI=1S/C18H36N4OS.HI/c1-14(2)16(21-6-9-23-10-7-21)12-20-18(19-5)22-8-11-24-17(13-22)15(3)4;/h14-17H,6-13H2,1-5H3,(H,19,20);1H. The van der Waals surface area contributed by atoms with E-state index in [1.54, 1.807) is 0 Å². The number of aliphatic imine (C=N–C) groups is 1. The lowest BCUT2D eigenvalue weighted by molar-refractivity contribution is 0.00740. The highest BCUT2D eigenvalue weighted by atomic mass is 127. The van der Waals surface area contributed by atoms with E-state index in [-0.39, 0.29) is 24.0 Å². The predicted octanol–water partition coefficient (Wildman–Crippen LogP) is 2.61. The lowest BCUT2D eigenvalue weighted by Crippen LogP contribution is -2.54. The van der Waals surface area contributed by atoms with Gasteiger partial charge in [-0.05, 0) is 11.8 Å². The summed E-state index contributed by atoms with van der Waals surface area (Å²) in [4.78, 5) is 9.57. The van der Waals surface area contributed by atoms with Crippen LogP contribution in [0.3, 0.4) is 0 Å². The molecule has 2 aliphatic heterocycles. The molecule has 0 aliphatic carbocycles. The Hall–Kier alpha value is 0.270. The molecular formula is C18H37IN4OS. The van der Waals surface area contributed by atoms with Crippen molar-refractivity contribution in [3.05, 3.63) is 0 Å². The van der Waals surface area contributed by atoms with E-state index in [1.165, 1.54) is 5.75 Å². The summed E-state index contributed by atoms with van der Waals surface area (Å²) in [6.07, 6.45) is 0. The van der Waals surface area contributed by atoms with Gasteiger partial charge in [0.1, 0.15) is 0 Å². The summed E-state index contributed by atoms with van der Waals surface area (Å²) in [5.41, 5.74) is 0. The van der Waals surface area contributed by atoms with Crippen LogP contribution >= 0.6 is 35.7 Å². The van der Waals surface area contributed by atoms with Crippen molar-refractivity contribution in [2.24, 2.45) is 16.8 Å². The van der Waals surface area contributed by atoms with Gasteiger partial charge in [-0.25, -0.2) is 0 Å². The molecular weight excluding hydrogens is 447 g/mol.